The number of thioether (sulfide) groups is 1. The largest absolute Gasteiger partial charge is 0.311 e. The number of hydrogen-bond acceptors (Lipinski definition) is 3. The molecular formula is C13H26N2S. The van der Waals surface area contributed by atoms with E-state index in [2.05, 4.69) is 35.8 Å². The predicted molar refractivity (Wildman–Crippen MR) is 73.1 cm³/mol. The molecule has 94 valence electrons. The van der Waals surface area contributed by atoms with Gasteiger partial charge in [0.15, 0.2) is 0 Å². The molecule has 1 unspecified atom stereocenters. The van der Waals surface area contributed by atoms with Gasteiger partial charge in [0.25, 0.3) is 0 Å². The summed E-state index contributed by atoms with van der Waals surface area (Å²) in [6.07, 6.45) is 2.89. The predicted octanol–water partition coefficient (Wildman–Crippen LogP) is 2.06. The van der Waals surface area contributed by atoms with Crippen LogP contribution in [-0.4, -0.2) is 48.6 Å². The molecule has 0 radical (unpaired) electrons. The molecule has 0 bridgehead atoms. The van der Waals surface area contributed by atoms with E-state index in [-0.39, 0.29) is 0 Å². The summed E-state index contributed by atoms with van der Waals surface area (Å²) < 4.78 is 0. The van der Waals surface area contributed by atoms with Crippen LogP contribution >= 0.6 is 11.8 Å². The molecule has 0 aromatic heterocycles. The Morgan fingerprint density at radius 3 is 2.75 bits per heavy atom. The standard InChI is InChI=1S/C13H26N2S/c1-11(2)13-10-15(6-5-14-13)9-12-3-7-16-8-4-12/h11-14H,3-10H2,1-2H3. The molecule has 0 aromatic rings. The third-order valence-electron chi connectivity index (χ3n) is 3.95. The lowest BCUT2D eigenvalue weighted by molar-refractivity contribution is 0.150. The molecule has 0 amide bonds. The highest BCUT2D eigenvalue weighted by molar-refractivity contribution is 7.99. The highest BCUT2D eigenvalue weighted by Gasteiger charge is 2.24. The zero-order valence-corrected chi connectivity index (χ0v) is 11.6. The van der Waals surface area contributed by atoms with Gasteiger partial charge in [0.2, 0.25) is 0 Å². The van der Waals surface area contributed by atoms with Crippen LogP contribution in [0, 0.1) is 11.8 Å². The van der Waals surface area contributed by atoms with Crippen LogP contribution in [0.3, 0.4) is 0 Å². The summed E-state index contributed by atoms with van der Waals surface area (Å²) in [5.41, 5.74) is 0. The second kappa shape index (κ2) is 6.27. The average molecular weight is 242 g/mol. The molecular weight excluding hydrogens is 216 g/mol. The van der Waals surface area contributed by atoms with E-state index >= 15 is 0 Å². The van der Waals surface area contributed by atoms with Crippen LogP contribution in [0.25, 0.3) is 0 Å². The molecule has 0 spiro atoms. The fourth-order valence-corrected chi connectivity index (χ4v) is 3.95. The number of hydrogen-bond donors (Lipinski definition) is 1. The Morgan fingerprint density at radius 1 is 1.31 bits per heavy atom. The van der Waals surface area contributed by atoms with Gasteiger partial charge in [-0.15, -0.1) is 0 Å². The first kappa shape index (κ1) is 12.7. The molecule has 2 aliphatic rings. The Labute approximate surface area is 105 Å². The maximum atomic E-state index is 3.64. The van der Waals surface area contributed by atoms with E-state index in [1.165, 1.54) is 50.5 Å². The lowest BCUT2D eigenvalue weighted by Gasteiger charge is -2.38. The molecule has 2 aliphatic heterocycles. The average Bonchev–Trinajstić information content (AvgIpc) is 2.30. The van der Waals surface area contributed by atoms with Gasteiger partial charge in [-0.05, 0) is 36.2 Å². The van der Waals surface area contributed by atoms with Crippen molar-refractivity contribution in [3.8, 4) is 0 Å². The summed E-state index contributed by atoms with van der Waals surface area (Å²) in [4.78, 5) is 2.70. The summed E-state index contributed by atoms with van der Waals surface area (Å²) in [6.45, 7) is 9.72. The first-order valence-corrected chi connectivity index (χ1v) is 7.94. The lowest BCUT2D eigenvalue weighted by atomic mass is 9.98. The Kier molecular flexibility index (Phi) is 4.98. The van der Waals surface area contributed by atoms with Gasteiger partial charge in [0.1, 0.15) is 0 Å². The summed E-state index contributed by atoms with van der Waals surface area (Å²) >= 11 is 2.14. The maximum absolute atomic E-state index is 3.64. The quantitative estimate of drug-likeness (QED) is 0.815. The zero-order chi connectivity index (χ0) is 11.4. The van der Waals surface area contributed by atoms with Crippen LogP contribution < -0.4 is 5.32 Å². The molecule has 2 saturated heterocycles. The van der Waals surface area contributed by atoms with Gasteiger partial charge in [-0.1, -0.05) is 13.8 Å². The Morgan fingerprint density at radius 2 is 2.06 bits per heavy atom. The molecule has 16 heavy (non-hydrogen) atoms. The van der Waals surface area contributed by atoms with E-state index in [4.69, 9.17) is 0 Å². The zero-order valence-electron chi connectivity index (χ0n) is 10.7. The van der Waals surface area contributed by atoms with Crippen LogP contribution in [0.1, 0.15) is 26.7 Å². The van der Waals surface area contributed by atoms with Crippen LogP contribution in [-0.2, 0) is 0 Å². The highest BCUT2D eigenvalue weighted by Crippen LogP contribution is 2.24. The van der Waals surface area contributed by atoms with E-state index in [0.717, 1.165) is 11.8 Å². The van der Waals surface area contributed by atoms with Gasteiger partial charge in [-0.3, -0.25) is 0 Å². The molecule has 0 aromatic carbocycles. The third-order valence-corrected chi connectivity index (χ3v) is 5.00. The van der Waals surface area contributed by atoms with Crippen molar-refractivity contribution >= 4 is 11.8 Å². The number of nitrogens with zero attached hydrogens (tertiary/aromatic N) is 1. The minimum absolute atomic E-state index is 0.715. The third kappa shape index (κ3) is 3.64. The van der Waals surface area contributed by atoms with E-state index in [9.17, 15) is 0 Å². The van der Waals surface area contributed by atoms with Crippen molar-refractivity contribution in [1.29, 1.82) is 0 Å². The SMILES string of the molecule is CC(C)C1CN(CC2CCSCC2)CCN1. The Balaban J connectivity index is 1.75. The molecule has 3 heteroatoms. The monoisotopic (exact) mass is 242 g/mol. The number of piperazine rings is 1. The van der Waals surface area contributed by atoms with Crippen molar-refractivity contribution in [3.63, 3.8) is 0 Å². The van der Waals surface area contributed by atoms with E-state index < -0.39 is 0 Å². The fourth-order valence-electron chi connectivity index (χ4n) is 2.75. The Bertz CT molecular complexity index is 202. The van der Waals surface area contributed by atoms with Crippen LogP contribution in [0.5, 0.6) is 0 Å². The van der Waals surface area contributed by atoms with Gasteiger partial charge in [-0.25, -0.2) is 0 Å². The lowest BCUT2D eigenvalue weighted by Crippen LogP contribution is -2.53. The van der Waals surface area contributed by atoms with Crippen LogP contribution in [0.15, 0.2) is 0 Å². The highest BCUT2D eigenvalue weighted by atomic mass is 32.2. The molecule has 2 rings (SSSR count). The van der Waals surface area contributed by atoms with Crippen molar-refractivity contribution in [2.45, 2.75) is 32.7 Å². The molecule has 2 heterocycles. The fraction of sp³-hybridized carbons (Fsp3) is 1.00. The smallest absolute Gasteiger partial charge is 0.0218 e. The summed E-state index contributed by atoms with van der Waals surface area (Å²) in [5.74, 6) is 4.53. The summed E-state index contributed by atoms with van der Waals surface area (Å²) in [5, 5.41) is 3.64. The van der Waals surface area contributed by atoms with E-state index in [1.807, 2.05) is 0 Å². The van der Waals surface area contributed by atoms with Crippen molar-refractivity contribution in [2.24, 2.45) is 11.8 Å². The van der Waals surface area contributed by atoms with Crippen molar-refractivity contribution in [2.75, 3.05) is 37.7 Å². The van der Waals surface area contributed by atoms with Gasteiger partial charge in [-0.2, -0.15) is 11.8 Å². The van der Waals surface area contributed by atoms with E-state index in [0.29, 0.717) is 6.04 Å². The van der Waals surface area contributed by atoms with Gasteiger partial charge in [0.05, 0.1) is 0 Å². The van der Waals surface area contributed by atoms with Crippen molar-refractivity contribution in [1.82, 2.24) is 10.2 Å². The molecule has 0 saturated carbocycles. The Hall–Kier alpha value is 0.270. The second-order valence-electron chi connectivity index (χ2n) is 5.62. The maximum Gasteiger partial charge on any atom is 0.0218 e. The normalized spacial score (nSPS) is 29.8. The number of rotatable bonds is 3. The molecule has 0 aliphatic carbocycles. The van der Waals surface area contributed by atoms with Crippen molar-refractivity contribution < 1.29 is 0 Å². The van der Waals surface area contributed by atoms with Crippen molar-refractivity contribution in [3.05, 3.63) is 0 Å². The molecule has 1 N–H and O–H groups in total. The first-order chi connectivity index (χ1) is 7.75. The van der Waals surface area contributed by atoms with Gasteiger partial charge < -0.3 is 10.2 Å². The second-order valence-corrected chi connectivity index (χ2v) is 6.84. The molecule has 2 fully saturated rings. The minimum Gasteiger partial charge on any atom is -0.311 e. The molecule has 1 atom stereocenters. The minimum atomic E-state index is 0.715. The summed E-state index contributed by atoms with van der Waals surface area (Å²) in [6, 6.07) is 0.715. The van der Waals surface area contributed by atoms with E-state index in [1.54, 1.807) is 0 Å². The topological polar surface area (TPSA) is 15.3 Å². The number of nitrogens with one attached hydrogen (secondary N) is 1. The first-order valence-electron chi connectivity index (χ1n) is 6.79. The van der Waals surface area contributed by atoms with Gasteiger partial charge in [0, 0.05) is 32.2 Å². The van der Waals surface area contributed by atoms with Crippen LogP contribution in [0.4, 0.5) is 0 Å². The summed E-state index contributed by atoms with van der Waals surface area (Å²) in [7, 11) is 0. The molecule has 2 nitrogen and oxygen atoms in total. The van der Waals surface area contributed by atoms with Gasteiger partial charge >= 0.3 is 0 Å². The van der Waals surface area contributed by atoms with Crippen LogP contribution in [0.2, 0.25) is 0 Å².